The van der Waals surface area contributed by atoms with Gasteiger partial charge in [0.2, 0.25) is 5.91 Å². The summed E-state index contributed by atoms with van der Waals surface area (Å²) in [6.45, 7) is 12.9. The third-order valence-corrected chi connectivity index (χ3v) is 4.68. The zero-order valence-corrected chi connectivity index (χ0v) is 14.4. The lowest BCUT2D eigenvalue weighted by Gasteiger charge is -2.36. The van der Waals surface area contributed by atoms with Crippen molar-refractivity contribution in [2.75, 3.05) is 37.6 Å². The number of carbonyl (C=O) groups is 1. The highest BCUT2D eigenvalue weighted by molar-refractivity contribution is 5.78. The maximum Gasteiger partial charge on any atom is 0.234 e. The second-order valence-electron chi connectivity index (χ2n) is 6.36. The van der Waals surface area contributed by atoms with Crippen molar-refractivity contribution in [1.29, 1.82) is 0 Å². The highest BCUT2D eigenvalue weighted by atomic mass is 16.2. The minimum atomic E-state index is 0.148. The SMILES string of the molecule is CC[C@@H](C)NC(=O)CN1CCN(c2cccc(C)c2C)CC1. The number of hydrogen-bond acceptors (Lipinski definition) is 3. The predicted molar refractivity (Wildman–Crippen MR) is 92.5 cm³/mol. The van der Waals surface area contributed by atoms with Gasteiger partial charge in [0.05, 0.1) is 6.54 Å². The van der Waals surface area contributed by atoms with Crippen molar-refractivity contribution in [2.45, 2.75) is 40.2 Å². The van der Waals surface area contributed by atoms with Gasteiger partial charge in [0.1, 0.15) is 0 Å². The van der Waals surface area contributed by atoms with E-state index < -0.39 is 0 Å². The van der Waals surface area contributed by atoms with Crippen molar-refractivity contribution in [3.05, 3.63) is 29.3 Å². The summed E-state index contributed by atoms with van der Waals surface area (Å²) in [7, 11) is 0. The van der Waals surface area contributed by atoms with E-state index >= 15 is 0 Å². The van der Waals surface area contributed by atoms with Crippen LogP contribution in [0.5, 0.6) is 0 Å². The molecule has 4 nitrogen and oxygen atoms in total. The Hall–Kier alpha value is -1.55. The van der Waals surface area contributed by atoms with Crippen LogP contribution in [-0.2, 0) is 4.79 Å². The van der Waals surface area contributed by atoms with E-state index in [1.807, 2.05) is 0 Å². The minimum absolute atomic E-state index is 0.148. The fourth-order valence-corrected chi connectivity index (χ4v) is 2.85. The molecular weight excluding hydrogens is 274 g/mol. The third kappa shape index (κ3) is 4.23. The van der Waals surface area contributed by atoms with Crippen LogP contribution in [0.2, 0.25) is 0 Å². The quantitative estimate of drug-likeness (QED) is 0.907. The highest BCUT2D eigenvalue weighted by Gasteiger charge is 2.20. The second kappa shape index (κ2) is 7.63. The summed E-state index contributed by atoms with van der Waals surface area (Å²) < 4.78 is 0. The molecule has 1 aliphatic rings. The van der Waals surface area contributed by atoms with Crippen LogP contribution in [0.25, 0.3) is 0 Å². The van der Waals surface area contributed by atoms with E-state index in [1.54, 1.807) is 0 Å². The zero-order valence-electron chi connectivity index (χ0n) is 14.4. The number of benzene rings is 1. The number of hydrogen-bond donors (Lipinski definition) is 1. The van der Waals surface area contributed by atoms with Crippen molar-refractivity contribution < 1.29 is 4.79 Å². The van der Waals surface area contributed by atoms with Gasteiger partial charge in [-0.25, -0.2) is 0 Å². The van der Waals surface area contributed by atoms with Crippen LogP contribution in [0.3, 0.4) is 0 Å². The lowest BCUT2D eigenvalue weighted by Crippen LogP contribution is -2.50. The first-order chi connectivity index (χ1) is 10.5. The number of rotatable bonds is 5. The molecule has 4 heteroatoms. The van der Waals surface area contributed by atoms with Gasteiger partial charge in [0.25, 0.3) is 0 Å². The summed E-state index contributed by atoms with van der Waals surface area (Å²) in [5.41, 5.74) is 4.04. The molecular formula is C18H29N3O. The monoisotopic (exact) mass is 303 g/mol. The van der Waals surface area contributed by atoms with Crippen LogP contribution >= 0.6 is 0 Å². The van der Waals surface area contributed by atoms with Gasteiger partial charge in [-0.2, -0.15) is 0 Å². The summed E-state index contributed by atoms with van der Waals surface area (Å²) in [5.74, 6) is 0.148. The first kappa shape index (κ1) is 16.8. The summed E-state index contributed by atoms with van der Waals surface area (Å²) in [4.78, 5) is 16.6. The summed E-state index contributed by atoms with van der Waals surface area (Å²) in [6, 6.07) is 6.76. The van der Waals surface area contributed by atoms with Crippen LogP contribution < -0.4 is 10.2 Å². The first-order valence-electron chi connectivity index (χ1n) is 8.34. The molecule has 1 N–H and O–H groups in total. The zero-order chi connectivity index (χ0) is 16.1. The Morgan fingerprint density at radius 3 is 2.55 bits per heavy atom. The van der Waals surface area contributed by atoms with Crippen molar-refractivity contribution in [2.24, 2.45) is 0 Å². The van der Waals surface area contributed by atoms with E-state index in [0.29, 0.717) is 6.54 Å². The Labute approximate surface area is 134 Å². The smallest absolute Gasteiger partial charge is 0.234 e. The molecule has 1 aliphatic heterocycles. The first-order valence-corrected chi connectivity index (χ1v) is 8.34. The maximum absolute atomic E-state index is 12.0. The van der Waals surface area contributed by atoms with Crippen molar-refractivity contribution in [3.63, 3.8) is 0 Å². The van der Waals surface area contributed by atoms with E-state index in [9.17, 15) is 4.79 Å². The average Bonchev–Trinajstić information content (AvgIpc) is 2.50. The molecule has 0 bridgehead atoms. The maximum atomic E-state index is 12.0. The number of anilines is 1. The standard InChI is InChI=1S/C18H29N3O/c1-5-15(3)19-18(22)13-20-9-11-21(12-10-20)17-8-6-7-14(2)16(17)4/h6-8,15H,5,9-13H2,1-4H3,(H,19,22)/t15-/m1/s1. The van der Waals surface area contributed by atoms with Crippen LogP contribution in [0, 0.1) is 13.8 Å². The number of amides is 1. The van der Waals surface area contributed by atoms with E-state index in [0.717, 1.165) is 32.6 Å². The van der Waals surface area contributed by atoms with Crippen LogP contribution in [0.15, 0.2) is 18.2 Å². The fraction of sp³-hybridized carbons (Fsp3) is 0.611. The number of carbonyl (C=O) groups excluding carboxylic acids is 1. The van der Waals surface area contributed by atoms with Crippen molar-refractivity contribution >= 4 is 11.6 Å². The number of nitrogens with zero attached hydrogens (tertiary/aromatic N) is 2. The van der Waals surface area contributed by atoms with Crippen LogP contribution in [0.4, 0.5) is 5.69 Å². The van der Waals surface area contributed by atoms with Gasteiger partial charge in [0, 0.05) is 37.9 Å². The molecule has 0 aliphatic carbocycles. The van der Waals surface area contributed by atoms with E-state index in [-0.39, 0.29) is 11.9 Å². The molecule has 1 aromatic rings. The molecule has 0 unspecified atom stereocenters. The van der Waals surface area contributed by atoms with Gasteiger partial charge in [-0.3, -0.25) is 9.69 Å². The number of piperazine rings is 1. The lowest BCUT2D eigenvalue weighted by atomic mass is 10.1. The topological polar surface area (TPSA) is 35.6 Å². The van der Waals surface area contributed by atoms with E-state index in [1.165, 1.54) is 16.8 Å². The van der Waals surface area contributed by atoms with E-state index in [2.05, 4.69) is 61.0 Å². The van der Waals surface area contributed by atoms with Crippen molar-refractivity contribution in [3.8, 4) is 0 Å². The molecule has 1 atom stereocenters. The average molecular weight is 303 g/mol. The van der Waals surface area contributed by atoms with E-state index in [4.69, 9.17) is 0 Å². The molecule has 122 valence electrons. The van der Waals surface area contributed by atoms with Gasteiger partial charge < -0.3 is 10.2 Å². The van der Waals surface area contributed by atoms with Crippen LogP contribution in [-0.4, -0.2) is 49.6 Å². The van der Waals surface area contributed by atoms with Crippen molar-refractivity contribution in [1.82, 2.24) is 10.2 Å². The Balaban J connectivity index is 1.85. The van der Waals surface area contributed by atoms with Gasteiger partial charge in [-0.05, 0) is 44.4 Å². The lowest BCUT2D eigenvalue weighted by molar-refractivity contribution is -0.122. The molecule has 2 rings (SSSR count). The minimum Gasteiger partial charge on any atom is -0.369 e. The summed E-state index contributed by atoms with van der Waals surface area (Å²) in [6.07, 6.45) is 0.978. The predicted octanol–water partition coefficient (Wildman–Crippen LogP) is 2.34. The third-order valence-electron chi connectivity index (χ3n) is 4.68. The van der Waals surface area contributed by atoms with Gasteiger partial charge in [-0.1, -0.05) is 19.1 Å². The molecule has 0 radical (unpaired) electrons. The molecule has 1 fully saturated rings. The Bertz CT molecular complexity index is 507. The second-order valence-corrected chi connectivity index (χ2v) is 6.36. The summed E-state index contributed by atoms with van der Waals surface area (Å²) >= 11 is 0. The Morgan fingerprint density at radius 2 is 1.91 bits per heavy atom. The number of aryl methyl sites for hydroxylation is 1. The van der Waals surface area contributed by atoms with Gasteiger partial charge >= 0.3 is 0 Å². The molecule has 1 saturated heterocycles. The summed E-state index contributed by atoms with van der Waals surface area (Å²) in [5, 5.41) is 3.04. The molecule has 0 saturated carbocycles. The van der Waals surface area contributed by atoms with Gasteiger partial charge in [0.15, 0.2) is 0 Å². The molecule has 22 heavy (non-hydrogen) atoms. The highest BCUT2D eigenvalue weighted by Crippen LogP contribution is 2.23. The van der Waals surface area contributed by atoms with Gasteiger partial charge in [-0.15, -0.1) is 0 Å². The van der Waals surface area contributed by atoms with Crippen LogP contribution in [0.1, 0.15) is 31.4 Å². The molecule has 0 spiro atoms. The fourth-order valence-electron chi connectivity index (χ4n) is 2.85. The molecule has 1 amide bonds. The normalized spacial score (nSPS) is 17.4. The number of nitrogens with one attached hydrogen (secondary N) is 1. The molecule has 1 aromatic carbocycles. The Morgan fingerprint density at radius 1 is 1.23 bits per heavy atom. The molecule has 0 aromatic heterocycles. The largest absolute Gasteiger partial charge is 0.369 e. The Kier molecular flexibility index (Phi) is 5.83. The molecule has 1 heterocycles.